The number of halogens is 1. The molecule has 0 aliphatic heterocycles. The molecule has 5 nitrogen and oxygen atoms in total. The Hall–Kier alpha value is -3.15. The van der Waals surface area contributed by atoms with Crippen LogP contribution in [0.1, 0.15) is 0 Å². The summed E-state index contributed by atoms with van der Waals surface area (Å²) in [7, 11) is 6.13. The summed E-state index contributed by atoms with van der Waals surface area (Å²) in [6.45, 7) is 0. The lowest BCUT2D eigenvalue weighted by molar-refractivity contribution is 0.324. The van der Waals surface area contributed by atoms with Gasteiger partial charge in [0.15, 0.2) is 23.1 Å². The van der Waals surface area contributed by atoms with Gasteiger partial charge in [0.25, 0.3) is 0 Å². The second-order valence-corrected chi connectivity index (χ2v) is 5.50. The molecule has 0 saturated heterocycles. The Morgan fingerprint density at radius 2 is 1.42 bits per heavy atom. The molecule has 2 aromatic carbocycles. The Bertz CT molecular complexity index is 895. The van der Waals surface area contributed by atoms with Gasteiger partial charge < -0.3 is 23.5 Å². The predicted molar refractivity (Wildman–Crippen MR) is 97.4 cm³/mol. The Kier molecular flexibility index (Phi) is 5.02. The van der Waals surface area contributed by atoms with E-state index in [0.29, 0.717) is 17.2 Å². The summed E-state index contributed by atoms with van der Waals surface area (Å²) in [4.78, 5) is 0. The SMILES string of the molecule is COc1ccc(-c2cccn2-c2cc(OC)c(OC)c(OC)c2)cc1F. The zero-order chi connectivity index (χ0) is 18.7. The highest BCUT2D eigenvalue weighted by atomic mass is 19.1. The number of hydrogen-bond acceptors (Lipinski definition) is 4. The number of aromatic nitrogens is 1. The van der Waals surface area contributed by atoms with E-state index in [9.17, 15) is 4.39 Å². The molecule has 0 atom stereocenters. The summed E-state index contributed by atoms with van der Waals surface area (Å²) in [5, 5.41) is 0. The Morgan fingerprint density at radius 1 is 0.769 bits per heavy atom. The van der Waals surface area contributed by atoms with Gasteiger partial charge in [-0.1, -0.05) is 0 Å². The van der Waals surface area contributed by atoms with E-state index in [1.165, 1.54) is 13.2 Å². The number of rotatable bonds is 6. The van der Waals surface area contributed by atoms with Gasteiger partial charge in [-0.3, -0.25) is 0 Å². The third-order valence-electron chi connectivity index (χ3n) is 4.12. The van der Waals surface area contributed by atoms with Gasteiger partial charge in [0, 0.05) is 23.9 Å². The van der Waals surface area contributed by atoms with E-state index >= 15 is 0 Å². The van der Waals surface area contributed by atoms with Crippen LogP contribution in [0.2, 0.25) is 0 Å². The molecule has 26 heavy (non-hydrogen) atoms. The molecule has 0 radical (unpaired) electrons. The van der Waals surface area contributed by atoms with Crippen molar-refractivity contribution in [2.75, 3.05) is 28.4 Å². The van der Waals surface area contributed by atoms with E-state index in [2.05, 4.69) is 0 Å². The van der Waals surface area contributed by atoms with Crippen LogP contribution in [0, 0.1) is 5.82 Å². The van der Waals surface area contributed by atoms with Crippen LogP contribution in [-0.2, 0) is 0 Å². The Morgan fingerprint density at radius 3 is 1.96 bits per heavy atom. The second-order valence-electron chi connectivity index (χ2n) is 5.50. The fourth-order valence-corrected chi connectivity index (χ4v) is 2.87. The van der Waals surface area contributed by atoms with Crippen molar-refractivity contribution >= 4 is 0 Å². The lowest BCUT2D eigenvalue weighted by atomic mass is 10.1. The average molecular weight is 357 g/mol. The molecule has 0 aliphatic rings. The van der Waals surface area contributed by atoms with Crippen LogP contribution in [0.25, 0.3) is 16.9 Å². The van der Waals surface area contributed by atoms with Gasteiger partial charge in [0.1, 0.15) is 0 Å². The molecular formula is C20H20FNO4. The van der Waals surface area contributed by atoms with Crippen molar-refractivity contribution in [1.29, 1.82) is 0 Å². The normalized spacial score (nSPS) is 10.5. The maximum Gasteiger partial charge on any atom is 0.203 e. The minimum Gasteiger partial charge on any atom is -0.494 e. The van der Waals surface area contributed by atoms with E-state index < -0.39 is 5.82 Å². The largest absolute Gasteiger partial charge is 0.494 e. The molecule has 0 fully saturated rings. The number of nitrogens with zero attached hydrogens (tertiary/aromatic N) is 1. The highest BCUT2D eigenvalue weighted by Gasteiger charge is 2.16. The Balaban J connectivity index is 2.13. The maximum atomic E-state index is 14.1. The van der Waals surface area contributed by atoms with Crippen LogP contribution in [-0.4, -0.2) is 33.0 Å². The van der Waals surface area contributed by atoms with E-state index in [4.69, 9.17) is 18.9 Å². The van der Waals surface area contributed by atoms with E-state index in [1.54, 1.807) is 27.4 Å². The first kappa shape index (κ1) is 17.7. The quantitative estimate of drug-likeness (QED) is 0.659. The van der Waals surface area contributed by atoms with Gasteiger partial charge in [-0.25, -0.2) is 4.39 Å². The molecule has 6 heteroatoms. The van der Waals surface area contributed by atoms with Gasteiger partial charge in [-0.05, 0) is 30.3 Å². The van der Waals surface area contributed by atoms with Crippen LogP contribution in [0.4, 0.5) is 4.39 Å². The zero-order valence-electron chi connectivity index (χ0n) is 15.1. The molecule has 0 aliphatic carbocycles. The van der Waals surface area contributed by atoms with Crippen LogP contribution >= 0.6 is 0 Å². The summed E-state index contributed by atoms with van der Waals surface area (Å²) in [5.41, 5.74) is 2.35. The van der Waals surface area contributed by atoms with Crippen molar-refractivity contribution < 1.29 is 23.3 Å². The number of ether oxygens (including phenoxy) is 4. The third-order valence-corrected chi connectivity index (χ3v) is 4.12. The van der Waals surface area contributed by atoms with Crippen molar-refractivity contribution in [3.8, 4) is 39.9 Å². The summed E-state index contributed by atoms with van der Waals surface area (Å²) in [6.07, 6.45) is 1.89. The first-order chi connectivity index (χ1) is 12.6. The topological polar surface area (TPSA) is 41.9 Å². The van der Waals surface area contributed by atoms with Gasteiger partial charge in [-0.2, -0.15) is 0 Å². The molecule has 136 valence electrons. The monoisotopic (exact) mass is 357 g/mol. The first-order valence-electron chi connectivity index (χ1n) is 7.94. The molecule has 0 unspecified atom stereocenters. The minimum atomic E-state index is -0.414. The standard InChI is InChI=1S/C20H20FNO4/c1-23-17-8-7-13(10-15(17)21)16-6-5-9-22(16)14-11-18(24-2)20(26-4)19(12-14)25-3/h5-12H,1-4H3. The molecule has 1 heterocycles. The van der Waals surface area contributed by atoms with Gasteiger partial charge >= 0.3 is 0 Å². The molecule has 3 rings (SSSR count). The molecule has 0 spiro atoms. The van der Waals surface area contributed by atoms with Crippen LogP contribution in [0.3, 0.4) is 0 Å². The van der Waals surface area contributed by atoms with Crippen LogP contribution in [0.15, 0.2) is 48.7 Å². The third kappa shape index (κ3) is 3.06. The van der Waals surface area contributed by atoms with E-state index in [-0.39, 0.29) is 5.75 Å². The second kappa shape index (κ2) is 7.39. The number of hydrogen-bond donors (Lipinski definition) is 0. The Labute approximate surface area is 151 Å². The lowest BCUT2D eigenvalue weighted by Gasteiger charge is -2.16. The van der Waals surface area contributed by atoms with E-state index in [1.807, 2.05) is 41.1 Å². The van der Waals surface area contributed by atoms with Crippen molar-refractivity contribution in [1.82, 2.24) is 4.57 Å². The van der Waals surface area contributed by atoms with Crippen LogP contribution < -0.4 is 18.9 Å². The van der Waals surface area contributed by atoms with Gasteiger partial charge in [0.05, 0.1) is 39.8 Å². The minimum absolute atomic E-state index is 0.208. The van der Waals surface area contributed by atoms with Gasteiger partial charge in [0.2, 0.25) is 5.75 Å². The summed E-state index contributed by atoms with van der Waals surface area (Å²) in [5.74, 6) is 1.40. The zero-order valence-corrected chi connectivity index (χ0v) is 15.1. The summed E-state index contributed by atoms with van der Waals surface area (Å²) < 4.78 is 37.2. The summed E-state index contributed by atoms with van der Waals surface area (Å²) >= 11 is 0. The van der Waals surface area contributed by atoms with Crippen molar-refractivity contribution in [2.24, 2.45) is 0 Å². The molecular weight excluding hydrogens is 337 g/mol. The van der Waals surface area contributed by atoms with Crippen molar-refractivity contribution in [3.63, 3.8) is 0 Å². The van der Waals surface area contributed by atoms with Crippen molar-refractivity contribution in [2.45, 2.75) is 0 Å². The molecule has 0 amide bonds. The average Bonchev–Trinajstić information content (AvgIpc) is 3.16. The fraction of sp³-hybridized carbons (Fsp3) is 0.200. The molecule has 0 N–H and O–H groups in total. The molecule has 0 bridgehead atoms. The highest BCUT2D eigenvalue weighted by Crippen LogP contribution is 2.40. The highest BCUT2D eigenvalue weighted by molar-refractivity contribution is 5.66. The summed E-state index contributed by atoms with van der Waals surface area (Å²) in [6, 6.07) is 12.3. The van der Waals surface area contributed by atoms with Crippen molar-refractivity contribution in [3.05, 3.63) is 54.5 Å². The smallest absolute Gasteiger partial charge is 0.203 e. The van der Waals surface area contributed by atoms with Crippen LogP contribution in [0.5, 0.6) is 23.0 Å². The molecule has 1 aromatic heterocycles. The van der Waals surface area contributed by atoms with E-state index in [0.717, 1.165) is 16.9 Å². The number of methoxy groups -OCH3 is 4. The predicted octanol–water partition coefficient (Wildman–Crippen LogP) is 4.32. The number of benzene rings is 2. The first-order valence-corrected chi connectivity index (χ1v) is 7.94. The lowest BCUT2D eigenvalue weighted by Crippen LogP contribution is -2.00. The molecule has 3 aromatic rings. The van der Waals surface area contributed by atoms with Gasteiger partial charge in [-0.15, -0.1) is 0 Å². The maximum absolute atomic E-state index is 14.1. The fourth-order valence-electron chi connectivity index (χ4n) is 2.87. The molecule has 0 saturated carbocycles.